The van der Waals surface area contributed by atoms with Crippen LogP contribution in [-0.4, -0.2) is 35.6 Å². The highest BCUT2D eigenvalue weighted by molar-refractivity contribution is 6.09. The lowest BCUT2D eigenvalue weighted by molar-refractivity contribution is 0.0987. The molecule has 25 heavy (non-hydrogen) atoms. The zero-order valence-corrected chi connectivity index (χ0v) is 14.2. The Kier molecular flexibility index (Phi) is 3.67. The van der Waals surface area contributed by atoms with Crippen molar-refractivity contribution in [3.8, 4) is 0 Å². The fraction of sp³-hybridized carbons (Fsp3) is 0.263. The van der Waals surface area contributed by atoms with Crippen molar-refractivity contribution in [2.75, 3.05) is 29.9 Å². The van der Waals surface area contributed by atoms with Gasteiger partial charge in [0.15, 0.2) is 0 Å². The van der Waals surface area contributed by atoms with Crippen LogP contribution in [0.5, 0.6) is 0 Å². The number of nitrogens with zero attached hydrogens (tertiary/aromatic N) is 4. The number of imidazole rings is 1. The summed E-state index contributed by atoms with van der Waals surface area (Å²) >= 11 is 0. The van der Waals surface area contributed by atoms with Gasteiger partial charge in [-0.25, -0.2) is 9.37 Å². The second-order valence-corrected chi connectivity index (χ2v) is 6.42. The van der Waals surface area contributed by atoms with E-state index in [1.54, 1.807) is 29.4 Å². The molecule has 128 valence electrons. The molecule has 0 fully saturated rings. The van der Waals surface area contributed by atoms with Crippen LogP contribution in [0.3, 0.4) is 0 Å². The largest absolute Gasteiger partial charge is 0.373 e. The molecule has 0 saturated carbocycles. The molecule has 1 aliphatic rings. The van der Waals surface area contributed by atoms with Crippen molar-refractivity contribution in [1.29, 1.82) is 0 Å². The predicted molar refractivity (Wildman–Crippen MR) is 96.7 cm³/mol. The van der Waals surface area contributed by atoms with Crippen molar-refractivity contribution in [2.24, 2.45) is 7.05 Å². The van der Waals surface area contributed by atoms with E-state index in [0.717, 1.165) is 29.7 Å². The maximum atomic E-state index is 13.8. The molecule has 6 heteroatoms. The van der Waals surface area contributed by atoms with Gasteiger partial charge in [-0.3, -0.25) is 4.79 Å². The lowest BCUT2D eigenvalue weighted by atomic mass is 10.1. The van der Waals surface area contributed by atoms with Gasteiger partial charge in [-0.15, -0.1) is 0 Å². The number of hydrogen-bond donors (Lipinski definition) is 0. The molecule has 2 aromatic carbocycles. The zero-order chi connectivity index (χ0) is 17.6. The van der Waals surface area contributed by atoms with Crippen LogP contribution in [0.25, 0.3) is 11.0 Å². The molecule has 0 N–H and O–H groups in total. The number of halogens is 1. The molecule has 0 radical (unpaired) electrons. The molecule has 0 saturated heterocycles. The molecule has 1 aromatic heterocycles. The quantitative estimate of drug-likeness (QED) is 0.684. The molecule has 1 amide bonds. The van der Waals surface area contributed by atoms with Crippen molar-refractivity contribution < 1.29 is 9.18 Å². The Morgan fingerprint density at radius 3 is 2.76 bits per heavy atom. The van der Waals surface area contributed by atoms with Gasteiger partial charge in [-0.2, -0.15) is 0 Å². The first-order valence-corrected chi connectivity index (χ1v) is 8.28. The summed E-state index contributed by atoms with van der Waals surface area (Å²) in [7, 11) is 3.88. The van der Waals surface area contributed by atoms with E-state index in [2.05, 4.69) is 9.88 Å². The van der Waals surface area contributed by atoms with Gasteiger partial charge in [-0.1, -0.05) is 0 Å². The van der Waals surface area contributed by atoms with Gasteiger partial charge in [-0.05, 0) is 42.8 Å². The Bertz CT molecular complexity index is 965. The number of benzene rings is 2. The van der Waals surface area contributed by atoms with E-state index in [1.165, 1.54) is 12.1 Å². The number of amides is 1. The fourth-order valence-corrected chi connectivity index (χ4v) is 3.38. The summed E-state index contributed by atoms with van der Waals surface area (Å²) in [6.07, 6.45) is 2.55. The van der Waals surface area contributed by atoms with Crippen LogP contribution in [0.2, 0.25) is 0 Å². The molecule has 0 aliphatic carbocycles. The molecule has 0 atom stereocenters. The van der Waals surface area contributed by atoms with Crippen LogP contribution in [0.1, 0.15) is 16.8 Å². The van der Waals surface area contributed by atoms with Gasteiger partial charge in [0.25, 0.3) is 5.91 Å². The predicted octanol–water partition coefficient (Wildman–Crippen LogP) is 3.20. The maximum Gasteiger partial charge on any atom is 0.258 e. The van der Waals surface area contributed by atoms with E-state index in [9.17, 15) is 9.18 Å². The number of rotatable bonds is 1. The third-order valence-electron chi connectivity index (χ3n) is 4.73. The molecule has 0 spiro atoms. The number of hydrogen-bond acceptors (Lipinski definition) is 3. The highest BCUT2D eigenvalue weighted by atomic mass is 19.1. The first-order valence-electron chi connectivity index (χ1n) is 8.28. The van der Waals surface area contributed by atoms with Gasteiger partial charge in [0.05, 0.1) is 28.7 Å². The molecule has 5 nitrogen and oxygen atoms in total. The van der Waals surface area contributed by atoms with Gasteiger partial charge in [0.2, 0.25) is 0 Å². The van der Waals surface area contributed by atoms with E-state index in [-0.39, 0.29) is 11.7 Å². The maximum absolute atomic E-state index is 13.8. The van der Waals surface area contributed by atoms with E-state index < -0.39 is 0 Å². The number of aromatic nitrogens is 2. The smallest absolute Gasteiger partial charge is 0.258 e. The van der Waals surface area contributed by atoms with Gasteiger partial charge >= 0.3 is 0 Å². The molecular weight excluding hydrogens is 319 g/mol. The number of anilines is 2. The Labute approximate surface area is 145 Å². The van der Waals surface area contributed by atoms with Crippen LogP contribution in [0.15, 0.2) is 42.7 Å². The topological polar surface area (TPSA) is 41.4 Å². The number of carbonyl (C=O) groups is 1. The van der Waals surface area contributed by atoms with E-state index in [4.69, 9.17) is 0 Å². The average molecular weight is 338 g/mol. The summed E-state index contributed by atoms with van der Waals surface area (Å²) < 4.78 is 15.7. The highest BCUT2D eigenvalue weighted by Gasteiger charge is 2.25. The summed E-state index contributed by atoms with van der Waals surface area (Å²) in [5, 5.41) is 0. The summed E-state index contributed by atoms with van der Waals surface area (Å²) in [6, 6.07) is 10.1. The molecule has 0 unspecified atom stereocenters. The molecule has 1 aliphatic heterocycles. The third-order valence-corrected chi connectivity index (χ3v) is 4.73. The van der Waals surface area contributed by atoms with Crippen LogP contribution >= 0.6 is 0 Å². The normalized spacial score (nSPS) is 14.5. The average Bonchev–Trinajstić information content (AvgIpc) is 2.90. The van der Waals surface area contributed by atoms with Crippen molar-refractivity contribution in [2.45, 2.75) is 6.42 Å². The highest BCUT2D eigenvalue weighted by Crippen LogP contribution is 2.33. The fourth-order valence-electron chi connectivity index (χ4n) is 3.38. The minimum Gasteiger partial charge on any atom is -0.373 e. The van der Waals surface area contributed by atoms with Crippen LogP contribution < -0.4 is 9.80 Å². The Hall–Kier alpha value is -2.89. The number of fused-ring (bicyclic) bond motifs is 2. The van der Waals surface area contributed by atoms with E-state index >= 15 is 0 Å². The summed E-state index contributed by atoms with van der Waals surface area (Å²) in [5.41, 5.74) is 3.79. The van der Waals surface area contributed by atoms with Crippen molar-refractivity contribution in [3.63, 3.8) is 0 Å². The van der Waals surface area contributed by atoms with Crippen molar-refractivity contribution in [1.82, 2.24) is 9.55 Å². The van der Waals surface area contributed by atoms with Gasteiger partial charge in [0.1, 0.15) is 5.82 Å². The first-order chi connectivity index (χ1) is 12.0. The third kappa shape index (κ3) is 2.63. The van der Waals surface area contributed by atoms with Crippen LogP contribution in [0, 0.1) is 5.82 Å². The standard InChI is InChI=1S/C19H19FN4O/c1-22-8-3-9-24(18-11-14(20)5-7-17(18)22)19(25)13-4-6-16-15(10-13)21-12-23(16)2/h4-7,10-12H,3,8-9H2,1-2H3. The summed E-state index contributed by atoms with van der Waals surface area (Å²) in [4.78, 5) is 21.2. The minimum atomic E-state index is -0.341. The number of carbonyl (C=O) groups excluding carboxylic acids is 1. The van der Waals surface area contributed by atoms with Gasteiger partial charge in [0, 0.05) is 32.7 Å². The SMILES string of the molecule is CN1CCCN(C(=O)c2ccc3c(c2)ncn3C)c2cc(F)ccc21. The second-order valence-electron chi connectivity index (χ2n) is 6.42. The first kappa shape index (κ1) is 15.6. The van der Waals surface area contributed by atoms with Crippen molar-refractivity contribution >= 4 is 28.3 Å². The Balaban J connectivity index is 1.78. The lowest BCUT2D eigenvalue weighted by Gasteiger charge is -2.24. The zero-order valence-electron chi connectivity index (χ0n) is 14.2. The summed E-state index contributed by atoms with van der Waals surface area (Å²) in [6.45, 7) is 1.38. The molecule has 2 heterocycles. The molecule has 4 rings (SSSR count). The van der Waals surface area contributed by atoms with Crippen LogP contribution in [0.4, 0.5) is 15.8 Å². The van der Waals surface area contributed by atoms with E-state index in [0.29, 0.717) is 17.8 Å². The van der Waals surface area contributed by atoms with Crippen LogP contribution in [-0.2, 0) is 7.05 Å². The second kappa shape index (κ2) is 5.88. The Morgan fingerprint density at radius 2 is 1.92 bits per heavy atom. The molecular formula is C19H19FN4O. The number of aryl methyl sites for hydroxylation is 1. The van der Waals surface area contributed by atoms with E-state index in [1.807, 2.05) is 24.7 Å². The lowest BCUT2D eigenvalue weighted by Crippen LogP contribution is -2.31. The van der Waals surface area contributed by atoms with Gasteiger partial charge < -0.3 is 14.4 Å². The van der Waals surface area contributed by atoms with Crippen molar-refractivity contribution in [3.05, 3.63) is 54.1 Å². The molecule has 3 aromatic rings. The minimum absolute atomic E-state index is 0.130. The molecule has 0 bridgehead atoms. The Morgan fingerprint density at radius 1 is 1.08 bits per heavy atom. The monoisotopic (exact) mass is 338 g/mol. The summed E-state index contributed by atoms with van der Waals surface area (Å²) in [5.74, 6) is -0.471.